The Hall–Kier alpha value is -1.89. The molecule has 0 aliphatic carbocycles. The fraction of sp³-hybridized carbons (Fsp3) is 0.357. The number of aromatic nitrogens is 2. The van der Waals surface area contributed by atoms with Crippen LogP contribution in [0.4, 0.5) is 0 Å². The van der Waals surface area contributed by atoms with Crippen molar-refractivity contribution in [3.63, 3.8) is 0 Å². The molecule has 0 spiro atoms. The van der Waals surface area contributed by atoms with Crippen molar-refractivity contribution in [3.8, 4) is 0 Å². The minimum Gasteiger partial charge on any atom is -0.459 e. The fourth-order valence-electron chi connectivity index (χ4n) is 1.99. The largest absolute Gasteiger partial charge is 0.459 e. The van der Waals surface area contributed by atoms with E-state index in [1.807, 2.05) is 0 Å². The van der Waals surface area contributed by atoms with Gasteiger partial charge in [-0.25, -0.2) is 0 Å². The van der Waals surface area contributed by atoms with Crippen molar-refractivity contribution in [2.24, 2.45) is 5.73 Å². The van der Waals surface area contributed by atoms with Gasteiger partial charge in [0.05, 0.1) is 5.52 Å². The van der Waals surface area contributed by atoms with E-state index in [1.54, 1.807) is 39.0 Å². The molecule has 2 aromatic rings. The number of hydrogen-bond donors (Lipinski definition) is 1. The minimum atomic E-state index is -0.638. The molecule has 0 saturated heterocycles. The third kappa shape index (κ3) is 3.41. The fourth-order valence-corrected chi connectivity index (χ4v) is 2.56. The number of amides is 1. The zero-order chi connectivity index (χ0) is 15.8. The Morgan fingerprint density at radius 2 is 2.05 bits per heavy atom. The third-order valence-corrected chi connectivity index (χ3v) is 3.29. The van der Waals surface area contributed by atoms with Gasteiger partial charge in [-0.3, -0.25) is 14.3 Å². The molecule has 0 bridgehead atoms. The van der Waals surface area contributed by atoms with Crippen molar-refractivity contribution in [1.82, 2.24) is 9.78 Å². The number of carbonyl (C=O) groups excluding carboxylic acids is 2. The maximum atomic E-state index is 11.9. The van der Waals surface area contributed by atoms with E-state index in [-0.39, 0.29) is 12.2 Å². The Kier molecular flexibility index (Phi) is 4.04. The molecule has 21 heavy (non-hydrogen) atoms. The topological polar surface area (TPSA) is 87.2 Å². The summed E-state index contributed by atoms with van der Waals surface area (Å²) in [5.74, 6) is -1.07. The van der Waals surface area contributed by atoms with Crippen LogP contribution in [0.25, 0.3) is 10.9 Å². The van der Waals surface area contributed by atoms with Gasteiger partial charge in [-0.2, -0.15) is 5.10 Å². The number of primary amides is 1. The van der Waals surface area contributed by atoms with Gasteiger partial charge in [0.15, 0.2) is 5.69 Å². The molecule has 0 atom stereocenters. The van der Waals surface area contributed by atoms with E-state index >= 15 is 0 Å². The number of ether oxygens (including phenoxy) is 1. The highest BCUT2D eigenvalue weighted by molar-refractivity contribution is 9.10. The van der Waals surface area contributed by atoms with Crippen molar-refractivity contribution in [1.29, 1.82) is 0 Å². The average Bonchev–Trinajstić information content (AvgIpc) is 2.67. The van der Waals surface area contributed by atoms with E-state index in [0.29, 0.717) is 10.9 Å². The highest BCUT2D eigenvalue weighted by Crippen LogP contribution is 2.26. The zero-order valence-electron chi connectivity index (χ0n) is 12.0. The summed E-state index contributed by atoms with van der Waals surface area (Å²) in [4.78, 5) is 23.4. The second-order valence-corrected chi connectivity index (χ2v) is 6.45. The lowest BCUT2D eigenvalue weighted by atomic mass is 10.2. The van der Waals surface area contributed by atoms with Crippen LogP contribution < -0.4 is 5.73 Å². The van der Waals surface area contributed by atoms with Crippen molar-refractivity contribution < 1.29 is 14.3 Å². The molecule has 0 fully saturated rings. The number of fused-ring (bicyclic) bond motifs is 1. The Morgan fingerprint density at radius 1 is 1.38 bits per heavy atom. The summed E-state index contributed by atoms with van der Waals surface area (Å²) in [6.45, 7) is 5.27. The van der Waals surface area contributed by atoms with E-state index in [2.05, 4.69) is 21.0 Å². The molecule has 1 amide bonds. The molecule has 7 heteroatoms. The molecule has 2 N–H and O–H groups in total. The Morgan fingerprint density at radius 3 is 2.62 bits per heavy atom. The lowest BCUT2D eigenvalue weighted by molar-refractivity contribution is -0.155. The normalized spacial score (nSPS) is 11.6. The first-order valence-electron chi connectivity index (χ1n) is 6.36. The number of benzene rings is 1. The van der Waals surface area contributed by atoms with Crippen LogP contribution in [0.5, 0.6) is 0 Å². The van der Waals surface area contributed by atoms with Crippen molar-refractivity contribution in [2.75, 3.05) is 0 Å². The molecule has 2 rings (SSSR count). The summed E-state index contributed by atoms with van der Waals surface area (Å²) in [6.07, 6.45) is 0. The first-order chi connectivity index (χ1) is 9.69. The zero-order valence-corrected chi connectivity index (χ0v) is 13.6. The molecule has 112 valence electrons. The van der Waals surface area contributed by atoms with Crippen LogP contribution in [0.1, 0.15) is 31.3 Å². The van der Waals surface area contributed by atoms with E-state index in [0.717, 1.165) is 4.47 Å². The molecule has 0 saturated carbocycles. The summed E-state index contributed by atoms with van der Waals surface area (Å²) < 4.78 is 7.42. The number of nitrogens with two attached hydrogens (primary N) is 1. The summed E-state index contributed by atoms with van der Waals surface area (Å²) in [6, 6.07) is 5.32. The predicted octanol–water partition coefficient (Wildman–Crippen LogP) is 2.24. The first-order valence-corrected chi connectivity index (χ1v) is 7.15. The van der Waals surface area contributed by atoms with Gasteiger partial charge in [0.25, 0.3) is 5.91 Å². The Balaban J connectivity index is 2.45. The van der Waals surface area contributed by atoms with Gasteiger partial charge in [-0.05, 0) is 42.8 Å². The van der Waals surface area contributed by atoms with Crippen LogP contribution in [0.15, 0.2) is 22.7 Å². The second-order valence-electron chi connectivity index (χ2n) is 5.59. The van der Waals surface area contributed by atoms with Gasteiger partial charge in [-0.1, -0.05) is 12.1 Å². The SMILES string of the molecule is CC(C)(C)OC(=O)Cn1nc(C(N)=O)c2cccc(Br)c21. The summed E-state index contributed by atoms with van der Waals surface area (Å²) in [7, 11) is 0. The highest BCUT2D eigenvalue weighted by atomic mass is 79.9. The van der Waals surface area contributed by atoms with E-state index in [4.69, 9.17) is 10.5 Å². The van der Waals surface area contributed by atoms with Gasteiger partial charge in [-0.15, -0.1) is 0 Å². The van der Waals surface area contributed by atoms with Crippen LogP contribution in [0.2, 0.25) is 0 Å². The van der Waals surface area contributed by atoms with Gasteiger partial charge in [0.2, 0.25) is 0 Å². The lowest BCUT2D eigenvalue weighted by Gasteiger charge is -2.19. The molecule has 0 aliphatic rings. The number of para-hydroxylation sites is 1. The number of halogens is 1. The predicted molar refractivity (Wildman–Crippen MR) is 81.8 cm³/mol. The van der Waals surface area contributed by atoms with Crippen LogP contribution >= 0.6 is 15.9 Å². The minimum absolute atomic E-state index is 0.0936. The molecule has 1 heterocycles. The summed E-state index contributed by atoms with van der Waals surface area (Å²) >= 11 is 3.40. The average molecular weight is 354 g/mol. The second kappa shape index (κ2) is 5.48. The maximum Gasteiger partial charge on any atom is 0.328 e. The number of rotatable bonds is 3. The van der Waals surface area contributed by atoms with Crippen molar-refractivity contribution >= 4 is 38.7 Å². The van der Waals surface area contributed by atoms with Crippen LogP contribution in [-0.4, -0.2) is 27.3 Å². The van der Waals surface area contributed by atoms with E-state index < -0.39 is 17.5 Å². The van der Waals surface area contributed by atoms with Crippen molar-refractivity contribution in [3.05, 3.63) is 28.4 Å². The lowest BCUT2D eigenvalue weighted by Crippen LogP contribution is -2.27. The van der Waals surface area contributed by atoms with E-state index in [1.165, 1.54) is 4.68 Å². The summed E-state index contributed by atoms with van der Waals surface area (Å²) in [5, 5.41) is 4.73. The molecule has 1 aromatic carbocycles. The maximum absolute atomic E-state index is 11.9. The molecule has 0 aliphatic heterocycles. The summed E-state index contributed by atoms with van der Waals surface area (Å²) in [5.41, 5.74) is 5.52. The molecular weight excluding hydrogens is 338 g/mol. The van der Waals surface area contributed by atoms with Gasteiger partial charge in [0.1, 0.15) is 12.1 Å². The first kappa shape index (κ1) is 15.5. The van der Waals surface area contributed by atoms with Crippen LogP contribution in [-0.2, 0) is 16.1 Å². The number of esters is 1. The number of hydrogen-bond acceptors (Lipinski definition) is 4. The Bertz CT molecular complexity index is 716. The number of nitrogens with zero attached hydrogens (tertiary/aromatic N) is 2. The molecule has 0 radical (unpaired) electrons. The standard InChI is InChI=1S/C14H16BrN3O3/c1-14(2,3)21-10(19)7-18-12-8(5-4-6-9(12)15)11(17-18)13(16)20/h4-6H,7H2,1-3H3,(H2,16,20). The molecular formula is C14H16BrN3O3. The van der Waals surface area contributed by atoms with Gasteiger partial charge < -0.3 is 10.5 Å². The van der Waals surface area contributed by atoms with Gasteiger partial charge >= 0.3 is 5.97 Å². The van der Waals surface area contributed by atoms with Crippen LogP contribution in [0, 0.1) is 0 Å². The molecule has 6 nitrogen and oxygen atoms in total. The van der Waals surface area contributed by atoms with E-state index in [9.17, 15) is 9.59 Å². The smallest absolute Gasteiger partial charge is 0.328 e. The molecule has 0 unspecified atom stereocenters. The monoisotopic (exact) mass is 353 g/mol. The number of carbonyl (C=O) groups is 2. The van der Waals surface area contributed by atoms with Crippen LogP contribution in [0.3, 0.4) is 0 Å². The molecule has 1 aromatic heterocycles. The quantitative estimate of drug-likeness (QED) is 0.857. The van der Waals surface area contributed by atoms with Crippen molar-refractivity contribution in [2.45, 2.75) is 32.9 Å². The third-order valence-electron chi connectivity index (χ3n) is 2.65. The Labute approximate surface area is 130 Å². The highest BCUT2D eigenvalue weighted by Gasteiger charge is 2.21. The van der Waals surface area contributed by atoms with Gasteiger partial charge in [0, 0.05) is 9.86 Å².